The van der Waals surface area contributed by atoms with Gasteiger partial charge in [-0.1, -0.05) is 11.6 Å². The number of aromatic nitrogens is 2. The Balaban J connectivity index is 2.47. The monoisotopic (exact) mass is 247 g/mol. The number of halogens is 1. The van der Waals surface area contributed by atoms with E-state index in [4.69, 9.17) is 21.6 Å². The summed E-state index contributed by atoms with van der Waals surface area (Å²) < 4.78 is 5.18. The molecule has 86 valence electrons. The van der Waals surface area contributed by atoms with Crippen molar-refractivity contribution < 1.29 is 4.74 Å². The van der Waals surface area contributed by atoms with Crippen molar-refractivity contribution in [1.82, 2.24) is 9.97 Å². The number of nitrogens with zero attached hydrogens (tertiary/aromatic N) is 2. The zero-order valence-electron chi connectivity index (χ0n) is 9.41. The van der Waals surface area contributed by atoms with E-state index in [0.29, 0.717) is 5.82 Å². The van der Waals surface area contributed by atoms with E-state index in [0.717, 1.165) is 16.9 Å². The van der Waals surface area contributed by atoms with Crippen molar-refractivity contribution in [2.45, 2.75) is 6.92 Å². The second-order valence-corrected chi connectivity index (χ2v) is 3.92. The number of methoxy groups -OCH3 is 1. The van der Waals surface area contributed by atoms with Crippen LogP contribution >= 0.6 is 11.6 Å². The van der Waals surface area contributed by atoms with Gasteiger partial charge in [0, 0.05) is 5.56 Å². The maximum absolute atomic E-state index is 8.78. The third-order valence-electron chi connectivity index (χ3n) is 2.43. The largest absolute Gasteiger partial charge is 0.496 e. The first-order chi connectivity index (χ1) is 8.15. The van der Waals surface area contributed by atoms with E-state index in [2.05, 4.69) is 9.97 Å². The number of aryl methyl sites for hydroxylation is 1. The molecule has 0 fully saturated rings. The van der Waals surface area contributed by atoms with Crippen LogP contribution in [-0.2, 0) is 0 Å². The standard InChI is InChI=1S/C12H10ClN3O/c1-7-5-8(3-4-10(7)17-2)12-15-9(6-14)11(13)16-12/h3-5H,1-2H3,(H,15,16). The number of nitriles is 1. The minimum atomic E-state index is 0.204. The average molecular weight is 248 g/mol. The lowest BCUT2D eigenvalue weighted by molar-refractivity contribution is 0.412. The van der Waals surface area contributed by atoms with Crippen molar-refractivity contribution in [3.63, 3.8) is 0 Å². The smallest absolute Gasteiger partial charge is 0.178 e. The molecule has 2 aromatic rings. The fourth-order valence-corrected chi connectivity index (χ4v) is 1.76. The number of hydrogen-bond donors (Lipinski definition) is 1. The molecular formula is C12H10ClN3O. The molecule has 4 nitrogen and oxygen atoms in total. The van der Waals surface area contributed by atoms with Gasteiger partial charge >= 0.3 is 0 Å². The average Bonchev–Trinajstić information content (AvgIpc) is 2.70. The molecule has 1 aromatic carbocycles. The van der Waals surface area contributed by atoms with E-state index in [9.17, 15) is 0 Å². The Labute approximate surface area is 104 Å². The minimum absolute atomic E-state index is 0.204. The molecule has 0 aliphatic rings. The van der Waals surface area contributed by atoms with E-state index in [1.54, 1.807) is 7.11 Å². The lowest BCUT2D eigenvalue weighted by Crippen LogP contribution is -1.88. The topological polar surface area (TPSA) is 61.7 Å². The molecule has 2 rings (SSSR count). The zero-order chi connectivity index (χ0) is 12.4. The molecule has 0 amide bonds. The number of H-pyrrole nitrogens is 1. The molecule has 17 heavy (non-hydrogen) atoms. The van der Waals surface area contributed by atoms with Crippen LogP contribution in [0.4, 0.5) is 0 Å². The molecule has 5 heteroatoms. The number of imidazole rings is 1. The van der Waals surface area contributed by atoms with E-state index in [-0.39, 0.29) is 10.8 Å². The molecule has 0 unspecified atom stereocenters. The molecule has 1 heterocycles. The fraction of sp³-hybridized carbons (Fsp3) is 0.167. The van der Waals surface area contributed by atoms with Crippen molar-refractivity contribution in [1.29, 1.82) is 5.26 Å². The van der Waals surface area contributed by atoms with Crippen LogP contribution in [0, 0.1) is 18.3 Å². The zero-order valence-corrected chi connectivity index (χ0v) is 10.2. The normalized spacial score (nSPS) is 10.0. The highest BCUT2D eigenvalue weighted by atomic mass is 35.5. The Morgan fingerprint density at radius 3 is 2.76 bits per heavy atom. The van der Waals surface area contributed by atoms with Crippen molar-refractivity contribution >= 4 is 11.6 Å². The summed E-state index contributed by atoms with van der Waals surface area (Å²) in [6.07, 6.45) is 0. The summed E-state index contributed by atoms with van der Waals surface area (Å²) in [5.41, 5.74) is 2.07. The minimum Gasteiger partial charge on any atom is -0.496 e. The molecule has 1 aromatic heterocycles. The summed E-state index contributed by atoms with van der Waals surface area (Å²) in [6, 6.07) is 7.57. The molecule has 1 N–H and O–H groups in total. The molecule has 0 bridgehead atoms. The van der Waals surface area contributed by atoms with Gasteiger partial charge in [0.2, 0.25) is 0 Å². The third kappa shape index (κ3) is 2.10. The SMILES string of the molecule is COc1ccc(-c2nc(C#N)c(Cl)[nH]2)cc1C. The van der Waals surface area contributed by atoms with Crippen LogP contribution in [0.15, 0.2) is 18.2 Å². The first kappa shape index (κ1) is 11.5. The first-order valence-corrected chi connectivity index (χ1v) is 5.34. The van der Waals surface area contributed by atoms with Crippen LogP contribution in [0.1, 0.15) is 11.3 Å². The molecule has 0 radical (unpaired) electrons. The van der Waals surface area contributed by atoms with Crippen LogP contribution in [0.5, 0.6) is 5.75 Å². The number of aromatic amines is 1. The number of ether oxygens (including phenoxy) is 1. The van der Waals surface area contributed by atoms with E-state index >= 15 is 0 Å². The maximum atomic E-state index is 8.78. The van der Waals surface area contributed by atoms with E-state index < -0.39 is 0 Å². The second kappa shape index (κ2) is 4.48. The van der Waals surface area contributed by atoms with Crippen LogP contribution in [-0.4, -0.2) is 17.1 Å². The van der Waals surface area contributed by atoms with Gasteiger partial charge in [0.1, 0.15) is 22.8 Å². The maximum Gasteiger partial charge on any atom is 0.178 e. The van der Waals surface area contributed by atoms with Gasteiger partial charge in [0.15, 0.2) is 5.69 Å². The highest BCUT2D eigenvalue weighted by Crippen LogP contribution is 2.26. The Bertz CT molecular complexity index is 598. The second-order valence-electron chi connectivity index (χ2n) is 3.54. The molecule has 0 spiro atoms. The lowest BCUT2D eigenvalue weighted by atomic mass is 10.1. The quantitative estimate of drug-likeness (QED) is 0.888. The summed E-state index contributed by atoms with van der Waals surface area (Å²) >= 11 is 5.83. The van der Waals surface area contributed by atoms with Gasteiger partial charge in [0.05, 0.1) is 7.11 Å². The summed E-state index contributed by atoms with van der Waals surface area (Å²) in [5, 5.41) is 9.04. The predicted molar refractivity (Wildman–Crippen MR) is 65.0 cm³/mol. The van der Waals surface area contributed by atoms with Crippen LogP contribution in [0.2, 0.25) is 5.15 Å². The predicted octanol–water partition coefficient (Wildman–Crippen LogP) is 2.92. The Kier molecular flexibility index (Phi) is 3.03. The van der Waals surface area contributed by atoms with Crippen LogP contribution < -0.4 is 4.74 Å². The van der Waals surface area contributed by atoms with Gasteiger partial charge in [-0.25, -0.2) is 4.98 Å². The third-order valence-corrected chi connectivity index (χ3v) is 2.71. The molecule has 0 aliphatic heterocycles. The Morgan fingerprint density at radius 2 is 2.24 bits per heavy atom. The highest BCUT2D eigenvalue weighted by Gasteiger charge is 2.10. The van der Waals surface area contributed by atoms with Gasteiger partial charge in [-0.2, -0.15) is 5.26 Å². The number of hydrogen-bond acceptors (Lipinski definition) is 3. The molecule has 0 saturated carbocycles. The van der Waals surface area contributed by atoms with Gasteiger partial charge in [-0.05, 0) is 30.7 Å². The van der Waals surface area contributed by atoms with Crippen molar-refractivity contribution in [2.75, 3.05) is 7.11 Å². The molecule has 0 saturated heterocycles. The van der Waals surface area contributed by atoms with Gasteiger partial charge in [-0.3, -0.25) is 0 Å². The van der Waals surface area contributed by atoms with Crippen LogP contribution in [0.3, 0.4) is 0 Å². The molecule has 0 aliphatic carbocycles. The summed E-state index contributed by atoms with van der Waals surface area (Å²) in [6.45, 7) is 1.94. The van der Waals surface area contributed by atoms with E-state index in [1.807, 2.05) is 31.2 Å². The van der Waals surface area contributed by atoms with Gasteiger partial charge in [0.25, 0.3) is 0 Å². The van der Waals surface area contributed by atoms with Crippen molar-refractivity contribution in [3.05, 3.63) is 34.6 Å². The van der Waals surface area contributed by atoms with Crippen molar-refractivity contribution in [3.8, 4) is 23.2 Å². The summed E-state index contributed by atoms with van der Waals surface area (Å²) in [7, 11) is 1.62. The number of nitrogens with one attached hydrogen (secondary N) is 1. The first-order valence-electron chi connectivity index (χ1n) is 4.96. The van der Waals surface area contributed by atoms with E-state index in [1.165, 1.54) is 0 Å². The summed E-state index contributed by atoms with van der Waals surface area (Å²) in [4.78, 5) is 6.97. The molecular weight excluding hydrogens is 238 g/mol. The lowest BCUT2D eigenvalue weighted by Gasteiger charge is -2.05. The fourth-order valence-electron chi connectivity index (χ4n) is 1.59. The summed E-state index contributed by atoms with van der Waals surface area (Å²) in [5.74, 6) is 1.39. The van der Waals surface area contributed by atoms with Gasteiger partial charge < -0.3 is 9.72 Å². The Morgan fingerprint density at radius 1 is 1.47 bits per heavy atom. The van der Waals surface area contributed by atoms with Crippen LogP contribution in [0.25, 0.3) is 11.4 Å². The molecule has 0 atom stereocenters. The van der Waals surface area contributed by atoms with Gasteiger partial charge in [-0.15, -0.1) is 0 Å². The number of rotatable bonds is 2. The highest BCUT2D eigenvalue weighted by molar-refractivity contribution is 6.30. The number of benzene rings is 1. The van der Waals surface area contributed by atoms with Crippen molar-refractivity contribution in [2.24, 2.45) is 0 Å². The Hall–Kier alpha value is -1.99.